The normalized spacial score (nSPS) is 19.9. The maximum absolute atomic E-state index is 11.4. The third-order valence-electron chi connectivity index (χ3n) is 2.96. The van der Waals surface area contributed by atoms with Crippen LogP contribution in [0.2, 0.25) is 0 Å². The summed E-state index contributed by atoms with van der Waals surface area (Å²) in [7, 11) is 0. The number of carbonyl (C=O) groups excluding carboxylic acids is 1. The van der Waals surface area contributed by atoms with Crippen LogP contribution in [0.25, 0.3) is 0 Å². The van der Waals surface area contributed by atoms with Crippen LogP contribution in [0.3, 0.4) is 0 Å². The number of ketones is 1. The standard InChI is InChI=1S/C13H18N2OS/c1-9(16)12-7-10(4-5-13(12)14)15-11-3-2-6-17-8-11/h4-5,7,11,15H,2-3,6,8,14H2,1H3. The van der Waals surface area contributed by atoms with Gasteiger partial charge in [0, 0.05) is 28.7 Å². The van der Waals surface area contributed by atoms with E-state index in [2.05, 4.69) is 5.32 Å². The highest BCUT2D eigenvalue weighted by Gasteiger charge is 2.14. The van der Waals surface area contributed by atoms with Crippen molar-refractivity contribution in [2.75, 3.05) is 22.6 Å². The van der Waals surface area contributed by atoms with Gasteiger partial charge in [-0.1, -0.05) is 0 Å². The third kappa shape index (κ3) is 3.16. The van der Waals surface area contributed by atoms with Crippen LogP contribution >= 0.6 is 11.8 Å². The molecule has 1 aromatic rings. The molecular formula is C13H18N2OS. The van der Waals surface area contributed by atoms with E-state index in [4.69, 9.17) is 5.73 Å². The van der Waals surface area contributed by atoms with Crippen molar-refractivity contribution in [2.45, 2.75) is 25.8 Å². The van der Waals surface area contributed by atoms with Gasteiger partial charge >= 0.3 is 0 Å². The lowest BCUT2D eigenvalue weighted by Gasteiger charge is -2.23. The predicted octanol–water partition coefficient (Wildman–Crippen LogP) is 2.78. The number of nitrogens with two attached hydrogens (primary N) is 1. The maximum Gasteiger partial charge on any atom is 0.161 e. The third-order valence-corrected chi connectivity index (χ3v) is 4.18. The molecule has 0 saturated carbocycles. The molecule has 1 aliphatic rings. The molecule has 4 heteroatoms. The van der Waals surface area contributed by atoms with Gasteiger partial charge in [0.2, 0.25) is 0 Å². The van der Waals surface area contributed by atoms with Gasteiger partial charge in [-0.05, 0) is 43.7 Å². The molecule has 0 radical (unpaired) electrons. The zero-order chi connectivity index (χ0) is 12.3. The number of rotatable bonds is 3. The van der Waals surface area contributed by atoms with E-state index in [1.54, 1.807) is 13.0 Å². The fraction of sp³-hybridized carbons (Fsp3) is 0.462. The molecule has 0 aliphatic carbocycles. The average Bonchev–Trinajstić information content (AvgIpc) is 2.32. The van der Waals surface area contributed by atoms with E-state index in [0.29, 0.717) is 17.3 Å². The number of Topliss-reactive ketones (excluding diaryl/α,β-unsaturated/α-hetero) is 1. The summed E-state index contributed by atoms with van der Waals surface area (Å²) in [6, 6.07) is 6.12. The Labute approximate surface area is 106 Å². The minimum atomic E-state index is 0.0177. The van der Waals surface area contributed by atoms with Crippen molar-refractivity contribution in [2.24, 2.45) is 0 Å². The van der Waals surface area contributed by atoms with E-state index < -0.39 is 0 Å². The van der Waals surface area contributed by atoms with E-state index in [-0.39, 0.29) is 5.78 Å². The topological polar surface area (TPSA) is 55.1 Å². The van der Waals surface area contributed by atoms with Crippen molar-refractivity contribution in [3.63, 3.8) is 0 Å². The maximum atomic E-state index is 11.4. The summed E-state index contributed by atoms with van der Waals surface area (Å²) in [5.41, 5.74) is 7.93. The van der Waals surface area contributed by atoms with Crippen LogP contribution in [-0.4, -0.2) is 23.3 Å². The Morgan fingerprint density at radius 1 is 1.53 bits per heavy atom. The number of hydrogen-bond acceptors (Lipinski definition) is 4. The summed E-state index contributed by atoms with van der Waals surface area (Å²) in [6.07, 6.45) is 2.46. The van der Waals surface area contributed by atoms with Crippen LogP contribution in [0.15, 0.2) is 18.2 Å². The van der Waals surface area contributed by atoms with Gasteiger partial charge in [-0.3, -0.25) is 4.79 Å². The molecule has 1 unspecified atom stereocenters. The van der Waals surface area contributed by atoms with Crippen LogP contribution < -0.4 is 11.1 Å². The van der Waals surface area contributed by atoms with Gasteiger partial charge in [-0.25, -0.2) is 0 Å². The van der Waals surface area contributed by atoms with Gasteiger partial charge < -0.3 is 11.1 Å². The molecule has 2 rings (SSSR count). The molecular weight excluding hydrogens is 232 g/mol. The zero-order valence-corrected chi connectivity index (χ0v) is 10.8. The largest absolute Gasteiger partial charge is 0.398 e. The zero-order valence-electron chi connectivity index (χ0n) is 10.0. The van der Waals surface area contributed by atoms with E-state index in [9.17, 15) is 4.79 Å². The van der Waals surface area contributed by atoms with Crippen molar-refractivity contribution in [1.82, 2.24) is 0 Å². The van der Waals surface area contributed by atoms with Crippen LogP contribution in [0.5, 0.6) is 0 Å². The molecule has 1 aromatic carbocycles. The first-order chi connectivity index (χ1) is 8.16. The molecule has 1 aliphatic heterocycles. The van der Waals surface area contributed by atoms with Crippen LogP contribution in [0.1, 0.15) is 30.1 Å². The number of hydrogen-bond donors (Lipinski definition) is 2. The summed E-state index contributed by atoms with van der Waals surface area (Å²) in [5.74, 6) is 2.42. The number of nitrogens with one attached hydrogen (secondary N) is 1. The lowest BCUT2D eigenvalue weighted by Crippen LogP contribution is -2.25. The Morgan fingerprint density at radius 3 is 3.00 bits per heavy atom. The molecule has 1 saturated heterocycles. The first kappa shape index (κ1) is 12.3. The molecule has 0 aromatic heterocycles. The molecule has 0 spiro atoms. The molecule has 92 valence electrons. The van der Waals surface area contributed by atoms with Crippen molar-refractivity contribution in [1.29, 1.82) is 0 Å². The molecule has 0 bridgehead atoms. The summed E-state index contributed by atoms with van der Waals surface area (Å²) in [5, 5.41) is 3.47. The summed E-state index contributed by atoms with van der Waals surface area (Å²) >= 11 is 1.98. The molecule has 3 N–H and O–H groups in total. The highest BCUT2D eigenvalue weighted by molar-refractivity contribution is 7.99. The Kier molecular flexibility index (Phi) is 3.94. The lowest BCUT2D eigenvalue weighted by atomic mass is 10.1. The van der Waals surface area contributed by atoms with Gasteiger partial charge in [0.15, 0.2) is 5.78 Å². The van der Waals surface area contributed by atoms with Crippen molar-refractivity contribution in [3.05, 3.63) is 23.8 Å². The van der Waals surface area contributed by atoms with Gasteiger partial charge in [0.1, 0.15) is 0 Å². The van der Waals surface area contributed by atoms with Crippen molar-refractivity contribution in [3.8, 4) is 0 Å². The fourth-order valence-electron chi connectivity index (χ4n) is 2.04. The van der Waals surface area contributed by atoms with E-state index in [0.717, 1.165) is 11.4 Å². The summed E-state index contributed by atoms with van der Waals surface area (Å²) < 4.78 is 0. The number of benzene rings is 1. The minimum absolute atomic E-state index is 0.0177. The second-order valence-electron chi connectivity index (χ2n) is 4.42. The van der Waals surface area contributed by atoms with Crippen molar-refractivity contribution >= 4 is 28.9 Å². The number of nitrogen functional groups attached to an aromatic ring is 1. The minimum Gasteiger partial charge on any atom is -0.398 e. The average molecular weight is 250 g/mol. The molecule has 3 nitrogen and oxygen atoms in total. The van der Waals surface area contributed by atoms with Gasteiger partial charge in [0.05, 0.1) is 0 Å². The van der Waals surface area contributed by atoms with Gasteiger partial charge in [-0.2, -0.15) is 11.8 Å². The SMILES string of the molecule is CC(=O)c1cc(NC2CCCSC2)ccc1N. The highest BCUT2D eigenvalue weighted by atomic mass is 32.2. The highest BCUT2D eigenvalue weighted by Crippen LogP contribution is 2.23. The Morgan fingerprint density at radius 2 is 2.35 bits per heavy atom. The molecule has 17 heavy (non-hydrogen) atoms. The van der Waals surface area contributed by atoms with E-state index in [1.807, 2.05) is 23.9 Å². The summed E-state index contributed by atoms with van der Waals surface area (Å²) in [4.78, 5) is 11.4. The first-order valence-corrected chi connectivity index (χ1v) is 7.07. The first-order valence-electron chi connectivity index (χ1n) is 5.91. The van der Waals surface area contributed by atoms with Gasteiger partial charge in [-0.15, -0.1) is 0 Å². The Hall–Kier alpha value is -1.16. The number of carbonyl (C=O) groups is 1. The quantitative estimate of drug-likeness (QED) is 0.640. The van der Waals surface area contributed by atoms with E-state index >= 15 is 0 Å². The predicted molar refractivity (Wildman–Crippen MR) is 74.8 cm³/mol. The Bertz CT molecular complexity index is 414. The molecule has 0 amide bonds. The van der Waals surface area contributed by atoms with E-state index in [1.165, 1.54) is 18.6 Å². The molecule has 1 fully saturated rings. The molecule has 1 atom stereocenters. The molecule has 1 heterocycles. The van der Waals surface area contributed by atoms with Crippen LogP contribution in [0, 0.1) is 0 Å². The number of thioether (sulfide) groups is 1. The lowest BCUT2D eigenvalue weighted by molar-refractivity contribution is 0.101. The summed E-state index contributed by atoms with van der Waals surface area (Å²) in [6.45, 7) is 1.55. The van der Waals surface area contributed by atoms with Crippen molar-refractivity contribution < 1.29 is 4.79 Å². The fourth-order valence-corrected chi connectivity index (χ4v) is 3.11. The monoisotopic (exact) mass is 250 g/mol. The van der Waals surface area contributed by atoms with Crippen LogP contribution in [0.4, 0.5) is 11.4 Å². The second-order valence-corrected chi connectivity index (χ2v) is 5.57. The number of anilines is 2. The second kappa shape index (κ2) is 5.45. The smallest absolute Gasteiger partial charge is 0.161 e. The van der Waals surface area contributed by atoms with Crippen LogP contribution in [-0.2, 0) is 0 Å². The van der Waals surface area contributed by atoms with Gasteiger partial charge in [0.25, 0.3) is 0 Å². The Balaban J connectivity index is 2.10.